The van der Waals surface area contributed by atoms with Crippen LogP contribution in [0.1, 0.15) is 0 Å². The van der Waals surface area contributed by atoms with E-state index in [-0.39, 0.29) is 18.7 Å². The van der Waals surface area contributed by atoms with Crippen molar-refractivity contribution in [3.8, 4) is 5.75 Å². The molecule has 1 unspecified atom stereocenters. The van der Waals surface area contributed by atoms with Crippen LogP contribution in [0.2, 0.25) is 5.02 Å². The summed E-state index contributed by atoms with van der Waals surface area (Å²) in [6.45, 7) is 0.300. The molecule has 0 bridgehead atoms. The van der Waals surface area contributed by atoms with E-state index in [0.29, 0.717) is 16.2 Å². The Morgan fingerprint density at radius 1 is 1.23 bits per heavy atom. The number of aliphatic hydroxyl groups excluding tert-OH is 1. The Hall–Kier alpha value is -1.82. The third kappa shape index (κ3) is 3.32. The number of aromatic nitrogens is 1. The molecule has 0 saturated carbocycles. The Morgan fingerprint density at radius 3 is 2.77 bits per heavy atom. The van der Waals surface area contributed by atoms with Gasteiger partial charge in [-0.05, 0) is 41.8 Å². The molecule has 0 fully saturated rings. The van der Waals surface area contributed by atoms with Gasteiger partial charge in [0.1, 0.15) is 18.5 Å². The summed E-state index contributed by atoms with van der Waals surface area (Å²) in [5, 5.41) is 13.3. The molecule has 114 valence electrons. The summed E-state index contributed by atoms with van der Waals surface area (Å²) in [6.07, 6.45) is 0.927. The van der Waals surface area contributed by atoms with Crippen molar-refractivity contribution in [3.63, 3.8) is 0 Å². The first-order valence-electron chi connectivity index (χ1n) is 6.76. The number of hydrogen-bond donors (Lipinski definition) is 1. The second-order valence-electron chi connectivity index (χ2n) is 4.89. The third-order valence-corrected chi connectivity index (χ3v) is 4.39. The molecule has 2 heterocycles. The number of fused-ring (bicyclic) bond motifs is 1. The van der Waals surface area contributed by atoms with Crippen LogP contribution in [0.4, 0.5) is 0 Å². The van der Waals surface area contributed by atoms with Crippen molar-refractivity contribution in [3.05, 3.63) is 63.4 Å². The van der Waals surface area contributed by atoms with E-state index in [4.69, 9.17) is 16.3 Å². The van der Waals surface area contributed by atoms with Crippen LogP contribution >= 0.6 is 22.9 Å². The SMILES string of the molecule is O=c1c2ccsc2ccn1CC(O)COc1ccc(Cl)cc1. The molecule has 2 aromatic heterocycles. The normalized spacial score (nSPS) is 12.5. The summed E-state index contributed by atoms with van der Waals surface area (Å²) in [6, 6.07) is 10.6. The molecule has 4 nitrogen and oxygen atoms in total. The maximum atomic E-state index is 12.2. The first kappa shape index (κ1) is 15.1. The summed E-state index contributed by atoms with van der Waals surface area (Å²) in [7, 11) is 0. The summed E-state index contributed by atoms with van der Waals surface area (Å²) in [4.78, 5) is 12.2. The molecule has 3 rings (SSSR count). The fraction of sp³-hybridized carbons (Fsp3) is 0.188. The van der Waals surface area contributed by atoms with E-state index in [9.17, 15) is 9.90 Å². The average Bonchev–Trinajstić information content (AvgIpc) is 2.99. The highest BCUT2D eigenvalue weighted by atomic mass is 35.5. The first-order chi connectivity index (χ1) is 10.6. The number of ether oxygens (including phenoxy) is 1. The summed E-state index contributed by atoms with van der Waals surface area (Å²) in [5.74, 6) is 0.629. The number of aliphatic hydroxyl groups is 1. The number of hydrogen-bond acceptors (Lipinski definition) is 4. The molecular weight excluding hydrogens is 322 g/mol. The largest absolute Gasteiger partial charge is 0.491 e. The van der Waals surface area contributed by atoms with Crippen LogP contribution in [0.3, 0.4) is 0 Å². The maximum Gasteiger partial charge on any atom is 0.259 e. The molecule has 6 heteroatoms. The minimum absolute atomic E-state index is 0.0932. The van der Waals surface area contributed by atoms with E-state index in [1.807, 2.05) is 11.4 Å². The highest BCUT2D eigenvalue weighted by Crippen LogP contribution is 2.17. The van der Waals surface area contributed by atoms with Crippen LogP contribution in [0.15, 0.2) is 52.8 Å². The zero-order chi connectivity index (χ0) is 15.5. The minimum atomic E-state index is -0.774. The quantitative estimate of drug-likeness (QED) is 0.779. The zero-order valence-corrected chi connectivity index (χ0v) is 13.2. The number of benzene rings is 1. The molecule has 0 saturated heterocycles. The van der Waals surface area contributed by atoms with Crippen molar-refractivity contribution >= 4 is 33.0 Å². The lowest BCUT2D eigenvalue weighted by molar-refractivity contribution is 0.0917. The van der Waals surface area contributed by atoms with Gasteiger partial charge < -0.3 is 14.4 Å². The van der Waals surface area contributed by atoms with Crippen LogP contribution in [-0.2, 0) is 6.54 Å². The van der Waals surface area contributed by atoms with Gasteiger partial charge in [-0.25, -0.2) is 0 Å². The second-order valence-corrected chi connectivity index (χ2v) is 6.27. The monoisotopic (exact) mass is 335 g/mol. The summed E-state index contributed by atoms with van der Waals surface area (Å²) in [5.41, 5.74) is -0.0932. The van der Waals surface area contributed by atoms with Gasteiger partial charge in [-0.15, -0.1) is 11.3 Å². The van der Waals surface area contributed by atoms with Gasteiger partial charge in [0.25, 0.3) is 5.56 Å². The molecule has 0 aliphatic rings. The average molecular weight is 336 g/mol. The van der Waals surface area contributed by atoms with E-state index in [1.54, 1.807) is 36.5 Å². The van der Waals surface area contributed by atoms with Gasteiger partial charge in [0.2, 0.25) is 0 Å². The standard InChI is InChI=1S/C16H14ClNO3S/c17-11-1-3-13(4-2-11)21-10-12(19)9-18-7-5-15-14(16(18)20)6-8-22-15/h1-8,12,19H,9-10H2. The molecular formula is C16H14ClNO3S. The number of thiophene rings is 1. The van der Waals surface area contributed by atoms with E-state index >= 15 is 0 Å². The number of pyridine rings is 1. The fourth-order valence-corrected chi connectivity index (χ4v) is 3.05. The number of nitrogens with zero attached hydrogens (tertiary/aromatic N) is 1. The van der Waals surface area contributed by atoms with Crippen molar-refractivity contribution in [1.29, 1.82) is 0 Å². The van der Waals surface area contributed by atoms with Crippen molar-refractivity contribution in [2.45, 2.75) is 12.6 Å². The van der Waals surface area contributed by atoms with Crippen LogP contribution in [0, 0.1) is 0 Å². The van der Waals surface area contributed by atoms with Gasteiger partial charge in [0.15, 0.2) is 0 Å². The molecule has 0 radical (unpaired) electrons. The highest BCUT2D eigenvalue weighted by molar-refractivity contribution is 7.17. The second kappa shape index (κ2) is 6.52. The van der Waals surface area contributed by atoms with Crippen molar-refractivity contribution < 1.29 is 9.84 Å². The molecule has 22 heavy (non-hydrogen) atoms. The first-order valence-corrected chi connectivity index (χ1v) is 8.02. The molecule has 0 aliphatic heterocycles. The minimum Gasteiger partial charge on any atom is -0.491 e. The summed E-state index contributed by atoms with van der Waals surface area (Å²) >= 11 is 7.32. The predicted octanol–water partition coefficient (Wildman–Crippen LogP) is 3.16. The Balaban J connectivity index is 1.65. The van der Waals surface area contributed by atoms with Crippen molar-refractivity contribution in [2.24, 2.45) is 0 Å². The topological polar surface area (TPSA) is 51.5 Å². The molecule has 0 spiro atoms. The fourth-order valence-electron chi connectivity index (χ4n) is 2.15. The molecule has 3 aromatic rings. The lowest BCUT2D eigenvalue weighted by Gasteiger charge is -2.14. The van der Waals surface area contributed by atoms with Crippen LogP contribution in [0.25, 0.3) is 10.1 Å². The van der Waals surface area contributed by atoms with E-state index in [0.717, 1.165) is 4.70 Å². The Labute approximate surface area is 136 Å². The van der Waals surface area contributed by atoms with Crippen LogP contribution in [-0.4, -0.2) is 22.4 Å². The maximum absolute atomic E-state index is 12.2. The molecule has 1 atom stereocenters. The number of halogens is 1. The Bertz CT molecular complexity index is 825. The lowest BCUT2D eigenvalue weighted by atomic mass is 10.3. The van der Waals surface area contributed by atoms with Gasteiger partial charge in [-0.2, -0.15) is 0 Å². The molecule has 1 aromatic carbocycles. The third-order valence-electron chi connectivity index (χ3n) is 3.26. The van der Waals surface area contributed by atoms with Gasteiger partial charge >= 0.3 is 0 Å². The van der Waals surface area contributed by atoms with Crippen molar-refractivity contribution in [1.82, 2.24) is 4.57 Å². The van der Waals surface area contributed by atoms with Gasteiger partial charge in [-0.3, -0.25) is 4.79 Å². The molecule has 1 N–H and O–H groups in total. The Morgan fingerprint density at radius 2 is 2.00 bits per heavy atom. The van der Waals surface area contributed by atoms with E-state index < -0.39 is 6.10 Å². The lowest BCUT2D eigenvalue weighted by Crippen LogP contribution is -2.29. The smallest absolute Gasteiger partial charge is 0.259 e. The summed E-state index contributed by atoms with van der Waals surface area (Å²) < 4.78 is 7.94. The van der Waals surface area contributed by atoms with Crippen LogP contribution in [0.5, 0.6) is 5.75 Å². The van der Waals surface area contributed by atoms with Crippen molar-refractivity contribution in [2.75, 3.05) is 6.61 Å². The Kier molecular flexibility index (Phi) is 4.47. The van der Waals surface area contributed by atoms with E-state index in [2.05, 4.69) is 0 Å². The predicted molar refractivity (Wildman–Crippen MR) is 89.0 cm³/mol. The van der Waals surface area contributed by atoms with Gasteiger partial charge in [0.05, 0.1) is 11.9 Å². The molecule has 0 amide bonds. The zero-order valence-electron chi connectivity index (χ0n) is 11.6. The highest BCUT2D eigenvalue weighted by Gasteiger charge is 2.10. The van der Waals surface area contributed by atoms with Gasteiger partial charge in [-0.1, -0.05) is 11.6 Å². The molecule has 0 aliphatic carbocycles. The number of rotatable bonds is 5. The van der Waals surface area contributed by atoms with E-state index in [1.165, 1.54) is 15.9 Å². The van der Waals surface area contributed by atoms with Gasteiger partial charge in [0, 0.05) is 15.9 Å². The van der Waals surface area contributed by atoms with Crippen LogP contribution < -0.4 is 10.3 Å².